The first kappa shape index (κ1) is 11.3. The van der Waals surface area contributed by atoms with Crippen molar-refractivity contribution in [2.75, 3.05) is 5.73 Å². The maximum atomic E-state index is 12.8. The minimum atomic E-state index is -1.10. The molecular weight excluding hydrogens is 201 g/mol. The first-order chi connectivity index (χ1) is 7.04. The summed E-state index contributed by atoms with van der Waals surface area (Å²) in [5, 5.41) is 8.74. The van der Waals surface area contributed by atoms with E-state index in [1.807, 2.05) is 0 Å². The number of ether oxygens (including phenoxy) is 1. The molecule has 1 aromatic carbocycles. The first-order valence-corrected chi connectivity index (χ1v) is 4.49. The van der Waals surface area contributed by atoms with Crippen molar-refractivity contribution in [1.29, 1.82) is 0 Å². The number of anilines is 1. The third-order valence-corrected chi connectivity index (χ3v) is 1.89. The molecule has 4 nitrogen and oxygen atoms in total. The fraction of sp³-hybridized carbons (Fsp3) is 0.300. The summed E-state index contributed by atoms with van der Waals surface area (Å²) in [4.78, 5) is 10.7. The second-order valence-electron chi connectivity index (χ2n) is 3.04. The average molecular weight is 213 g/mol. The number of carboxylic acid groups (broad SMARTS) is 1. The quantitative estimate of drug-likeness (QED) is 0.746. The van der Waals surface area contributed by atoms with Crippen LogP contribution in [0.2, 0.25) is 0 Å². The van der Waals surface area contributed by atoms with Crippen molar-refractivity contribution in [3.8, 4) is 5.75 Å². The number of carbonyl (C=O) groups is 1. The van der Waals surface area contributed by atoms with Crippen LogP contribution in [0.1, 0.15) is 13.3 Å². The van der Waals surface area contributed by atoms with Gasteiger partial charge >= 0.3 is 5.97 Å². The van der Waals surface area contributed by atoms with Gasteiger partial charge < -0.3 is 15.6 Å². The van der Waals surface area contributed by atoms with Crippen molar-refractivity contribution in [3.63, 3.8) is 0 Å². The zero-order chi connectivity index (χ0) is 11.4. The van der Waals surface area contributed by atoms with E-state index in [0.717, 1.165) is 6.07 Å². The molecule has 0 saturated carbocycles. The minimum Gasteiger partial charge on any atom is -0.479 e. The number of rotatable bonds is 4. The van der Waals surface area contributed by atoms with Crippen LogP contribution < -0.4 is 10.5 Å². The van der Waals surface area contributed by atoms with Gasteiger partial charge in [-0.3, -0.25) is 0 Å². The molecule has 0 saturated heterocycles. The van der Waals surface area contributed by atoms with E-state index in [4.69, 9.17) is 15.6 Å². The Morgan fingerprint density at radius 3 is 2.87 bits per heavy atom. The Morgan fingerprint density at radius 2 is 2.33 bits per heavy atom. The lowest BCUT2D eigenvalue weighted by Crippen LogP contribution is -2.26. The molecule has 3 N–H and O–H groups in total. The minimum absolute atomic E-state index is 0.0595. The molecular formula is C10H12FNO3. The van der Waals surface area contributed by atoms with Gasteiger partial charge in [0.1, 0.15) is 11.6 Å². The van der Waals surface area contributed by atoms with Crippen molar-refractivity contribution >= 4 is 11.7 Å². The van der Waals surface area contributed by atoms with Crippen LogP contribution in [0.25, 0.3) is 0 Å². The van der Waals surface area contributed by atoms with Gasteiger partial charge in [0.15, 0.2) is 6.10 Å². The summed E-state index contributed by atoms with van der Waals surface area (Å²) >= 11 is 0. The molecule has 15 heavy (non-hydrogen) atoms. The summed E-state index contributed by atoms with van der Waals surface area (Å²) in [6, 6.07) is 3.59. The Bertz CT molecular complexity index is 368. The molecule has 0 fully saturated rings. The van der Waals surface area contributed by atoms with Gasteiger partial charge in [-0.25, -0.2) is 9.18 Å². The molecule has 0 heterocycles. The van der Waals surface area contributed by atoms with E-state index in [-0.39, 0.29) is 17.9 Å². The maximum Gasteiger partial charge on any atom is 0.344 e. The summed E-state index contributed by atoms with van der Waals surface area (Å²) in [7, 11) is 0. The Labute approximate surface area is 86.5 Å². The Hall–Kier alpha value is -1.78. The van der Waals surface area contributed by atoms with Crippen molar-refractivity contribution in [2.45, 2.75) is 19.4 Å². The van der Waals surface area contributed by atoms with Crippen LogP contribution in [-0.4, -0.2) is 17.2 Å². The highest BCUT2D eigenvalue weighted by atomic mass is 19.1. The summed E-state index contributed by atoms with van der Waals surface area (Å²) < 4.78 is 17.9. The number of nitrogens with two attached hydrogens (primary N) is 1. The molecule has 5 heteroatoms. The predicted molar refractivity (Wildman–Crippen MR) is 53.2 cm³/mol. The van der Waals surface area contributed by atoms with Crippen LogP contribution in [0.15, 0.2) is 18.2 Å². The monoisotopic (exact) mass is 213 g/mol. The molecule has 0 aliphatic heterocycles. The largest absolute Gasteiger partial charge is 0.479 e. The lowest BCUT2D eigenvalue weighted by atomic mass is 10.2. The van der Waals surface area contributed by atoms with Crippen LogP contribution in [0.5, 0.6) is 5.75 Å². The molecule has 1 atom stereocenters. The number of hydrogen-bond donors (Lipinski definition) is 2. The Kier molecular flexibility index (Phi) is 3.49. The fourth-order valence-electron chi connectivity index (χ4n) is 1.07. The van der Waals surface area contributed by atoms with Crippen LogP contribution in [0, 0.1) is 5.82 Å². The van der Waals surface area contributed by atoms with E-state index < -0.39 is 17.9 Å². The first-order valence-electron chi connectivity index (χ1n) is 4.49. The number of nitrogen functional groups attached to an aromatic ring is 1. The molecule has 1 aromatic rings. The number of aliphatic carboxylic acids is 1. The molecule has 0 aromatic heterocycles. The lowest BCUT2D eigenvalue weighted by Gasteiger charge is -2.14. The Balaban J connectivity index is 2.87. The molecule has 0 amide bonds. The topological polar surface area (TPSA) is 72.5 Å². The van der Waals surface area contributed by atoms with Crippen LogP contribution in [-0.2, 0) is 4.79 Å². The number of hydrogen-bond acceptors (Lipinski definition) is 3. The van der Waals surface area contributed by atoms with Crippen molar-refractivity contribution in [2.24, 2.45) is 0 Å². The predicted octanol–water partition coefficient (Wildman–Crippen LogP) is 1.65. The van der Waals surface area contributed by atoms with Crippen LogP contribution >= 0.6 is 0 Å². The van der Waals surface area contributed by atoms with E-state index in [0.29, 0.717) is 0 Å². The molecule has 0 spiro atoms. The fourth-order valence-corrected chi connectivity index (χ4v) is 1.07. The smallest absolute Gasteiger partial charge is 0.344 e. The number of carboxylic acids is 1. The van der Waals surface area contributed by atoms with Crippen molar-refractivity contribution in [3.05, 3.63) is 24.0 Å². The van der Waals surface area contributed by atoms with E-state index in [1.165, 1.54) is 12.1 Å². The van der Waals surface area contributed by atoms with Gasteiger partial charge in [-0.1, -0.05) is 6.92 Å². The second-order valence-corrected chi connectivity index (χ2v) is 3.04. The molecule has 0 aliphatic rings. The Morgan fingerprint density at radius 1 is 1.67 bits per heavy atom. The van der Waals surface area contributed by atoms with Gasteiger partial charge in [0.05, 0.1) is 5.69 Å². The number of halogens is 1. The second kappa shape index (κ2) is 4.63. The molecule has 82 valence electrons. The van der Waals surface area contributed by atoms with Crippen molar-refractivity contribution in [1.82, 2.24) is 0 Å². The number of benzene rings is 1. The van der Waals surface area contributed by atoms with Gasteiger partial charge in [-0.15, -0.1) is 0 Å². The summed E-state index contributed by atoms with van der Waals surface area (Å²) in [6.45, 7) is 1.66. The maximum absolute atomic E-state index is 12.8. The van der Waals surface area contributed by atoms with E-state index in [9.17, 15) is 9.18 Å². The van der Waals surface area contributed by atoms with Gasteiger partial charge in [0, 0.05) is 6.07 Å². The average Bonchev–Trinajstić information content (AvgIpc) is 2.18. The zero-order valence-electron chi connectivity index (χ0n) is 8.24. The molecule has 0 bridgehead atoms. The van der Waals surface area contributed by atoms with Gasteiger partial charge in [-0.2, -0.15) is 0 Å². The highest BCUT2D eigenvalue weighted by Crippen LogP contribution is 2.23. The van der Waals surface area contributed by atoms with Crippen molar-refractivity contribution < 1.29 is 19.0 Å². The molecule has 1 unspecified atom stereocenters. The van der Waals surface area contributed by atoms with Crippen LogP contribution in [0.4, 0.5) is 10.1 Å². The molecule has 0 radical (unpaired) electrons. The van der Waals surface area contributed by atoms with Gasteiger partial charge in [0.25, 0.3) is 0 Å². The highest BCUT2D eigenvalue weighted by molar-refractivity contribution is 5.73. The summed E-state index contributed by atoms with van der Waals surface area (Å²) in [5.74, 6) is -1.55. The lowest BCUT2D eigenvalue weighted by molar-refractivity contribution is -0.145. The highest BCUT2D eigenvalue weighted by Gasteiger charge is 2.18. The molecule has 0 aliphatic carbocycles. The summed E-state index contributed by atoms with van der Waals surface area (Å²) in [6.07, 6.45) is -0.722. The SMILES string of the molecule is CCC(Oc1cc(F)ccc1N)C(=O)O. The zero-order valence-corrected chi connectivity index (χ0v) is 8.24. The van der Waals surface area contributed by atoms with E-state index in [1.54, 1.807) is 6.92 Å². The third kappa shape index (κ3) is 2.83. The van der Waals surface area contributed by atoms with Gasteiger partial charge in [-0.05, 0) is 18.6 Å². The third-order valence-electron chi connectivity index (χ3n) is 1.89. The summed E-state index contributed by atoms with van der Waals surface area (Å²) in [5.41, 5.74) is 5.73. The van der Waals surface area contributed by atoms with E-state index in [2.05, 4.69) is 0 Å². The van der Waals surface area contributed by atoms with Gasteiger partial charge in [0.2, 0.25) is 0 Å². The normalized spacial score (nSPS) is 12.1. The van der Waals surface area contributed by atoms with Crippen LogP contribution in [0.3, 0.4) is 0 Å². The van der Waals surface area contributed by atoms with E-state index >= 15 is 0 Å². The molecule has 1 rings (SSSR count). The standard InChI is InChI=1S/C10H12FNO3/c1-2-8(10(13)14)15-9-5-6(11)3-4-7(9)12/h3-5,8H,2,12H2,1H3,(H,13,14).